The Labute approximate surface area is 113 Å². The van der Waals surface area contributed by atoms with Crippen LogP contribution in [0.4, 0.5) is 20.3 Å². The fourth-order valence-electron chi connectivity index (χ4n) is 1.62. The van der Waals surface area contributed by atoms with E-state index in [1.54, 1.807) is 12.1 Å². The molecule has 18 heavy (non-hydrogen) atoms. The van der Waals surface area contributed by atoms with Crippen LogP contribution in [0.25, 0.3) is 0 Å². The fourth-order valence-corrected chi connectivity index (χ4v) is 2.58. The van der Waals surface area contributed by atoms with E-state index in [0.29, 0.717) is 10.3 Å². The van der Waals surface area contributed by atoms with E-state index in [9.17, 15) is 13.0 Å². The lowest BCUT2D eigenvalue weighted by molar-refractivity contribution is -0.0262. The highest BCUT2D eigenvalue weighted by Gasteiger charge is 2.44. The Bertz CT molecular complexity index is 583. The third-order valence-corrected chi connectivity index (χ3v) is 3.32. The second-order valence-corrected chi connectivity index (χ2v) is 7.85. The van der Waals surface area contributed by atoms with Crippen LogP contribution in [-0.4, -0.2) is 40.7 Å². The summed E-state index contributed by atoms with van der Waals surface area (Å²) in [5, 5.41) is 0. The first-order chi connectivity index (χ1) is 8.15. The Hall–Kier alpha value is -0.760. The van der Waals surface area contributed by atoms with E-state index in [0.717, 1.165) is 0 Å². The number of hydrogen-bond donors (Lipinski definition) is 0. The number of pyridine rings is 1. The molecule has 0 saturated carbocycles. The van der Waals surface area contributed by atoms with Crippen molar-refractivity contribution in [3.63, 3.8) is 0 Å². The lowest BCUT2D eigenvalue weighted by Crippen LogP contribution is -2.56. The van der Waals surface area contributed by atoms with Crippen molar-refractivity contribution in [1.29, 1.82) is 0 Å². The van der Waals surface area contributed by atoms with Gasteiger partial charge in [0.2, 0.25) is 0 Å². The quantitative estimate of drug-likeness (QED) is 0.778. The van der Waals surface area contributed by atoms with Crippen LogP contribution in [0.15, 0.2) is 21.1 Å². The first-order valence-corrected chi connectivity index (χ1v) is 8.25. The Morgan fingerprint density at radius 3 is 2.56 bits per heavy atom. The second kappa shape index (κ2) is 4.41. The maximum absolute atomic E-state index is 12.8. The molecule has 0 bridgehead atoms. The third-order valence-electron chi connectivity index (χ3n) is 2.29. The predicted octanol–water partition coefficient (Wildman–Crippen LogP) is 2.66. The number of alkyl halides is 2. The Morgan fingerprint density at radius 1 is 1.44 bits per heavy atom. The maximum Gasteiger partial charge on any atom is 0.282 e. The molecule has 0 unspecified atom stereocenters. The van der Waals surface area contributed by atoms with Crippen molar-refractivity contribution in [2.24, 2.45) is 4.36 Å². The van der Waals surface area contributed by atoms with Crippen LogP contribution in [0, 0.1) is 0 Å². The topological polar surface area (TPSA) is 45.6 Å². The number of halogens is 3. The van der Waals surface area contributed by atoms with Crippen LogP contribution in [0.2, 0.25) is 0 Å². The maximum atomic E-state index is 12.8. The Kier molecular flexibility index (Phi) is 3.35. The van der Waals surface area contributed by atoms with Crippen molar-refractivity contribution in [3.8, 4) is 0 Å². The van der Waals surface area contributed by atoms with E-state index < -0.39 is 15.7 Å². The van der Waals surface area contributed by atoms with Crippen LogP contribution < -0.4 is 4.90 Å². The molecule has 100 valence electrons. The van der Waals surface area contributed by atoms with Crippen LogP contribution in [-0.2, 0) is 9.73 Å². The minimum absolute atomic E-state index is 0.282. The molecule has 0 radical (unpaired) electrons. The second-order valence-electron chi connectivity index (χ2n) is 4.49. The summed E-state index contributed by atoms with van der Waals surface area (Å²) in [6.07, 6.45) is 2.99. The van der Waals surface area contributed by atoms with Crippen molar-refractivity contribution in [2.45, 2.75) is 5.92 Å². The van der Waals surface area contributed by atoms with Gasteiger partial charge in [-0.1, -0.05) is 0 Å². The highest BCUT2D eigenvalue weighted by Crippen LogP contribution is 2.34. The van der Waals surface area contributed by atoms with E-state index >= 15 is 0 Å². The summed E-state index contributed by atoms with van der Waals surface area (Å²) in [5.41, 5.74) is 0.602. The van der Waals surface area contributed by atoms with E-state index in [1.165, 1.54) is 17.4 Å². The van der Waals surface area contributed by atoms with Gasteiger partial charge in [0.15, 0.2) is 5.82 Å². The van der Waals surface area contributed by atoms with Gasteiger partial charge in [0.25, 0.3) is 5.92 Å². The van der Waals surface area contributed by atoms with Crippen LogP contribution in [0.5, 0.6) is 0 Å². The van der Waals surface area contributed by atoms with E-state index in [1.807, 2.05) is 0 Å². The summed E-state index contributed by atoms with van der Waals surface area (Å²) in [4.78, 5) is 5.58. The summed E-state index contributed by atoms with van der Waals surface area (Å²) >= 11 is 3.19. The minimum Gasteiger partial charge on any atom is -0.359 e. The van der Waals surface area contributed by atoms with Gasteiger partial charge in [-0.25, -0.2) is 18.0 Å². The van der Waals surface area contributed by atoms with Crippen molar-refractivity contribution in [1.82, 2.24) is 4.98 Å². The molecule has 1 saturated heterocycles. The summed E-state index contributed by atoms with van der Waals surface area (Å²) in [7, 11) is -2.32. The van der Waals surface area contributed by atoms with Crippen LogP contribution in [0.1, 0.15) is 0 Å². The zero-order chi connectivity index (χ0) is 13.6. The SMILES string of the molecule is CS(C)(=O)=Nc1cc(N2CC(F)(F)C2)cc(Br)n1. The molecule has 0 atom stereocenters. The highest BCUT2D eigenvalue weighted by atomic mass is 79.9. The number of nitrogens with zero attached hydrogens (tertiary/aromatic N) is 3. The lowest BCUT2D eigenvalue weighted by atomic mass is 10.1. The Morgan fingerprint density at radius 2 is 2.06 bits per heavy atom. The van der Waals surface area contributed by atoms with Crippen molar-refractivity contribution in [2.75, 3.05) is 30.5 Å². The molecule has 1 fully saturated rings. The van der Waals surface area contributed by atoms with Crippen LogP contribution >= 0.6 is 15.9 Å². The van der Waals surface area contributed by atoms with E-state index in [-0.39, 0.29) is 18.9 Å². The van der Waals surface area contributed by atoms with Crippen molar-refractivity contribution < 1.29 is 13.0 Å². The molecule has 0 aliphatic carbocycles. The molecule has 1 aromatic heterocycles. The molecule has 8 heteroatoms. The van der Waals surface area contributed by atoms with Gasteiger partial charge >= 0.3 is 0 Å². The molecule has 0 amide bonds. The molecule has 1 aliphatic rings. The molecule has 0 spiro atoms. The number of aromatic nitrogens is 1. The summed E-state index contributed by atoms with van der Waals surface area (Å²) in [6.45, 7) is -0.618. The average molecular weight is 340 g/mol. The van der Waals surface area contributed by atoms with Gasteiger partial charge in [-0.05, 0) is 22.0 Å². The molecule has 1 aromatic rings. The van der Waals surface area contributed by atoms with Crippen LogP contribution in [0.3, 0.4) is 0 Å². The molecule has 0 aromatic carbocycles. The van der Waals surface area contributed by atoms with Gasteiger partial charge in [0.1, 0.15) is 4.60 Å². The first-order valence-electron chi connectivity index (χ1n) is 5.12. The highest BCUT2D eigenvalue weighted by molar-refractivity contribution is 9.10. The van der Waals surface area contributed by atoms with Gasteiger partial charge in [-0.2, -0.15) is 4.36 Å². The summed E-state index contributed by atoms with van der Waals surface area (Å²) < 4.78 is 41.6. The first kappa shape index (κ1) is 13.7. The predicted molar refractivity (Wildman–Crippen MR) is 71.2 cm³/mol. The lowest BCUT2D eigenvalue weighted by Gasteiger charge is -2.40. The van der Waals surface area contributed by atoms with Gasteiger partial charge in [-0.3, -0.25) is 0 Å². The molecule has 0 N–H and O–H groups in total. The summed E-state index contributed by atoms with van der Waals surface area (Å²) in [5.74, 6) is -2.35. The molecule has 4 nitrogen and oxygen atoms in total. The zero-order valence-corrected chi connectivity index (χ0v) is 12.3. The fraction of sp³-hybridized carbons (Fsp3) is 0.500. The smallest absolute Gasteiger partial charge is 0.282 e. The molecule has 2 rings (SSSR count). The number of hydrogen-bond acceptors (Lipinski definition) is 4. The largest absolute Gasteiger partial charge is 0.359 e. The van der Waals surface area contributed by atoms with Gasteiger partial charge < -0.3 is 4.90 Å². The Balaban J connectivity index is 2.32. The van der Waals surface area contributed by atoms with Gasteiger partial charge in [0, 0.05) is 34.0 Å². The van der Waals surface area contributed by atoms with E-state index in [4.69, 9.17) is 0 Å². The van der Waals surface area contributed by atoms with Gasteiger partial charge in [-0.15, -0.1) is 0 Å². The number of rotatable bonds is 2. The van der Waals surface area contributed by atoms with Crippen molar-refractivity contribution >= 4 is 37.2 Å². The minimum atomic E-state index is -2.63. The zero-order valence-electron chi connectivity index (χ0n) is 9.86. The standard InChI is InChI=1S/C10H12BrF2N3OS/c1-18(2,17)15-9-4-7(3-8(11)14-9)16-5-10(12,13)6-16/h3-4H,5-6H2,1-2H3. The molecule has 2 heterocycles. The monoisotopic (exact) mass is 339 g/mol. The summed E-state index contributed by atoms with van der Waals surface area (Å²) in [6, 6.07) is 3.20. The normalized spacial score (nSPS) is 18.4. The van der Waals surface area contributed by atoms with Crippen molar-refractivity contribution in [3.05, 3.63) is 16.7 Å². The number of anilines is 1. The average Bonchev–Trinajstić information content (AvgIpc) is 2.09. The third kappa shape index (κ3) is 3.38. The van der Waals surface area contributed by atoms with E-state index in [2.05, 4.69) is 25.3 Å². The van der Waals surface area contributed by atoms with Gasteiger partial charge in [0.05, 0.1) is 13.1 Å². The molecule has 1 aliphatic heterocycles. The molecular formula is C10H12BrF2N3OS. The molecular weight excluding hydrogens is 328 g/mol.